The maximum absolute atomic E-state index is 11.7. The topological polar surface area (TPSA) is 96.2 Å². The Hall–Kier alpha value is -2.63. The quantitative estimate of drug-likeness (QED) is 0.743. The lowest BCUT2D eigenvalue weighted by atomic mass is 10.2. The molecule has 0 spiro atoms. The lowest BCUT2D eigenvalue weighted by molar-refractivity contribution is 1.05. The second kappa shape index (κ2) is 4.56. The summed E-state index contributed by atoms with van der Waals surface area (Å²) in [6.07, 6.45) is 0.510. The predicted octanol–water partition coefficient (Wildman–Crippen LogP) is 0.919. The Balaban J connectivity index is 1.80. The molecule has 0 radical (unpaired) electrons. The number of fused-ring (bicyclic) bond motifs is 1. The minimum Gasteiger partial charge on any atom is -0.369 e. The summed E-state index contributed by atoms with van der Waals surface area (Å²) in [5.41, 5.74) is 7.46. The second-order valence-corrected chi connectivity index (χ2v) is 4.32. The van der Waals surface area contributed by atoms with E-state index in [1.165, 1.54) is 0 Å². The van der Waals surface area contributed by atoms with Crippen molar-refractivity contribution in [1.29, 1.82) is 0 Å². The molecule has 6 nitrogen and oxygen atoms in total. The molecule has 1 aliphatic rings. The van der Waals surface area contributed by atoms with E-state index in [1.807, 2.05) is 30.3 Å². The van der Waals surface area contributed by atoms with Crippen LogP contribution in [0.5, 0.6) is 0 Å². The number of benzene rings is 1. The summed E-state index contributed by atoms with van der Waals surface area (Å²) in [5, 5.41) is 2.99. The highest BCUT2D eigenvalue weighted by Gasteiger charge is 2.21. The van der Waals surface area contributed by atoms with Crippen LogP contribution in [0.4, 0.5) is 11.6 Å². The van der Waals surface area contributed by atoms with Crippen LogP contribution >= 0.6 is 0 Å². The van der Waals surface area contributed by atoms with E-state index in [4.69, 9.17) is 5.73 Å². The molecule has 0 atom stereocenters. The first kappa shape index (κ1) is 11.5. The van der Waals surface area contributed by atoms with Crippen molar-refractivity contribution in [1.82, 2.24) is 9.97 Å². The first-order valence-electron chi connectivity index (χ1n) is 5.95. The smallest absolute Gasteiger partial charge is 0.276 e. The Kier molecular flexibility index (Phi) is 2.75. The SMILES string of the molecule is Nc1nc2c(c(=O)[nH]1)NC(=NCc1ccccc1)C2. The molecule has 6 heteroatoms. The molecule has 2 heterocycles. The molecular weight excluding hydrogens is 242 g/mol. The van der Waals surface area contributed by atoms with Crippen LogP contribution in [0.3, 0.4) is 0 Å². The zero-order valence-corrected chi connectivity index (χ0v) is 10.2. The van der Waals surface area contributed by atoms with Crippen molar-refractivity contribution < 1.29 is 0 Å². The molecule has 96 valence electrons. The predicted molar refractivity (Wildman–Crippen MR) is 74.2 cm³/mol. The summed E-state index contributed by atoms with van der Waals surface area (Å²) < 4.78 is 0. The molecule has 0 saturated carbocycles. The number of nitrogens with zero attached hydrogens (tertiary/aromatic N) is 2. The highest BCUT2D eigenvalue weighted by Crippen LogP contribution is 2.17. The van der Waals surface area contributed by atoms with Gasteiger partial charge < -0.3 is 11.1 Å². The number of aromatic nitrogens is 2. The Morgan fingerprint density at radius 1 is 1.32 bits per heavy atom. The first-order chi connectivity index (χ1) is 9.22. The van der Waals surface area contributed by atoms with Gasteiger partial charge in [-0.3, -0.25) is 14.8 Å². The van der Waals surface area contributed by atoms with Crippen LogP contribution in [0, 0.1) is 0 Å². The summed E-state index contributed by atoms with van der Waals surface area (Å²) in [7, 11) is 0. The minimum atomic E-state index is -0.257. The van der Waals surface area contributed by atoms with Crippen LogP contribution in [0.25, 0.3) is 0 Å². The van der Waals surface area contributed by atoms with Crippen molar-refractivity contribution in [2.45, 2.75) is 13.0 Å². The summed E-state index contributed by atoms with van der Waals surface area (Å²) in [4.78, 5) is 22.7. The van der Waals surface area contributed by atoms with Crippen molar-refractivity contribution in [2.24, 2.45) is 4.99 Å². The number of aliphatic imine (C=N–C) groups is 1. The van der Waals surface area contributed by atoms with Crippen LogP contribution < -0.4 is 16.6 Å². The van der Waals surface area contributed by atoms with E-state index < -0.39 is 0 Å². The molecule has 4 N–H and O–H groups in total. The lowest BCUT2D eigenvalue weighted by Crippen LogP contribution is -2.16. The van der Waals surface area contributed by atoms with Crippen LogP contribution in [0.2, 0.25) is 0 Å². The van der Waals surface area contributed by atoms with Gasteiger partial charge in [0.15, 0.2) is 0 Å². The van der Waals surface area contributed by atoms with Gasteiger partial charge in [0, 0.05) is 0 Å². The van der Waals surface area contributed by atoms with E-state index in [9.17, 15) is 4.79 Å². The third-order valence-corrected chi connectivity index (χ3v) is 2.91. The monoisotopic (exact) mass is 255 g/mol. The van der Waals surface area contributed by atoms with Gasteiger partial charge in [-0.25, -0.2) is 4.98 Å². The Morgan fingerprint density at radius 3 is 2.89 bits per heavy atom. The van der Waals surface area contributed by atoms with Gasteiger partial charge in [-0.15, -0.1) is 0 Å². The Bertz CT molecular complexity index is 690. The number of H-pyrrole nitrogens is 1. The Labute approximate surface area is 109 Å². The van der Waals surface area contributed by atoms with Gasteiger partial charge in [0.25, 0.3) is 5.56 Å². The maximum Gasteiger partial charge on any atom is 0.276 e. The van der Waals surface area contributed by atoms with E-state index in [2.05, 4.69) is 20.3 Å². The zero-order chi connectivity index (χ0) is 13.2. The first-order valence-corrected chi connectivity index (χ1v) is 5.95. The summed E-state index contributed by atoms with van der Waals surface area (Å²) in [6.45, 7) is 0.574. The number of nitrogen functional groups attached to an aromatic ring is 1. The second-order valence-electron chi connectivity index (χ2n) is 4.32. The van der Waals surface area contributed by atoms with Crippen molar-refractivity contribution in [3.05, 3.63) is 51.9 Å². The summed E-state index contributed by atoms with van der Waals surface area (Å²) in [5.74, 6) is 0.873. The maximum atomic E-state index is 11.7. The van der Waals surface area contributed by atoms with E-state index in [-0.39, 0.29) is 11.5 Å². The van der Waals surface area contributed by atoms with Crippen LogP contribution in [-0.2, 0) is 13.0 Å². The van der Waals surface area contributed by atoms with E-state index in [0.29, 0.717) is 24.3 Å². The fourth-order valence-electron chi connectivity index (χ4n) is 2.01. The molecule has 0 fully saturated rings. The van der Waals surface area contributed by atoms with Gasteiger partial charge in [-0.2, -0.15) is 0 Å². The summed E-state index contributed by atoms with van der Waals surface area (Å²) in [6, 6.07) is 9.93. The highest BCUT2D eigenvalue weighted by molar-refractivity contribution is 6.02. The average molecular weight is 255 g/mol. The van der Waals surface area contributed by atoms with Gasteiger partial charge in [-0.1, -0.05) is 30.3 Å². The average Bonchev–Trinajstić information content (AvgIpc) is 2.81. The van der Waals surface area contributed by atoms with Crippen LogP contribution in [0.15, 0.2) is 40.1 Å². The molecule has 0 aliphatic carbocycles. The third-order valence-electron chi connectivity index (χ3n) is 2.91. The molecular formula is C13H13N5O. The van der Waals surface area contributed by atoms with Gasteiger partial charge in [0.05, 0.1) is 18.7 Å². The number of hydrogen-bond donors (Lipinski definition) is 3. The van der Waals surface area contributed by atoms with Crippen LogP contribution in [0.1, 0.15) is 11.3 Å². The molecule has 0 saturated heterocycles. The third kappa shape index (κ3) is 2.33. The number of nitrogens with one attached hydrogen (secondary N) is 2. The molecule has 19 heavy (non-hydrogen) atoms. The normalized spacial score (nSPS) is 15.3. The van der Waals surface area contributed by atoms with Crippen molar-refractivity contribution in [3.63, 3.8) is 0 Å². The van der Waals surface area contributed by atoms with Gasteiger partial charge >= 0.3 is 0 Å². The largest absolute Gasteiger partial charge is 0.369 e. The number of anilines is 2. The Morgan fingerprint density at radius 2 is 2.11 bits per heavy atom. The minimum absolute atomic E-state index is 0.134. The molecule has 0 amide bonds. The molecule has 2 aromatic rings. The lowest BCUT2D eigenvalue weighted by Gasteiger charge is -1.99. The van der Waals surface area contributed by atoms with Crippen molar-refractivity contribution in [2.75, 3.05) is 11.1 Å². The molecule has 1 aromatic heterocycles. The molecule has 0 unspecified atom stereocenters. The van der Waals surface area contributed by atoms with Gasteiger partial charge in [0.2, 0.25) is 5.95 Å². The van der Waals surface area contributed by atoms with Crippen molar-refractivity contribution in [3.8, 4) is 0 Å². The molecule has 3 rings (SSSR count). The van der Waals surface area contributed by atoms with Crippen molar-refractivity contribution >= 4 is 17.5 Å². The number of aromatic amines is 1. The fraction of sp³-hybridized carbons (Fsp3) is 0.154. The number of amidine groups is 1. The van der Waals surface area contributed by atoms with E-state index in [1.54, 1.807) is 0 Å². The zero-order valence-electron chi connectivity index (χ0n) is 10.2. The standard InChI is InChI=1S/C13H13N5O/c14-13-16-9-6-10(17-11(9)12(19)18-13)15-7-8-4-2-1-3-5-8/h1-5H,6-7H2,(H,15,17)(H3,14,16,18,19). The molecule has 1 aliphatic heterocycles. The fourth-order valence-corrected chi connectivity index (χ4v) is 2.01. The molecule has 0 bridgehead atoms. The number of hydrogen-bond acceptors (Lipinski definition) is 4. The number of nitrogens with two attached hydrogens (primary N) is 1. The van der Waals surface area contributed by atoms with E-state index in [0.717, 1.165) is 11.4 Å². The highest BCUT2D eigenvalue weighted by atomic mass is 16.1. The number of rotatable bonds is 2. The molecule has 1 aromatic carbocycles. The van der Waals surface area contributed by atoms with Gasteiger partial charge in [0.1, 0.15) is 11.5 Å². The van der Waals surface area contributed by atoms with Crippen LogP contribution in [-0.4, -0.2) is 15.8 Å². The van der Waals surface area contributed by atoms with E-state index >= 15 is 0 Å². The van der Waals surface area contributed by atoms with Gasteiger partial charge in [-0.05, 0) is 5.56 Å². The summed E-state index contributed by atoms with van der Waals surface area (Å²) >= 11 is 0.